The molecule has 0 unspecified atom stereocenters. The number of nitrogens with zero attached hydrogens (tertiary/aromatic N) is 2. The van der Waals surface area contributed by atoms with Gasteiger partial charge in [0.05, 0.1) is 22.3 Å². The monoisotopic (exact) mass is 241 g/mol. The Labute approximate surface area is 103 Å². The third kappa shape index (κ3) is 1.44. The Morgan fingerprint density at radius 2 is 2.22 bits per heavy atom. The van der Waals surface area contributed by atoms with Gasteiger partial charge in [0.2, 0.25) is 0 Å². The van der Waals surface area contributed by atoms with Crippen molar-refractivity contribution in [3.8, 4) is 11.1 Å². The van der Waals surface area contributed by atoms with Crippen molar-refractivity contribution in [3.05, 3.63) is 35.5 Å². The molecule has 18 heavy (non-hydrogen) atoms. The van der Waals surface area contributed by atoms with Gasteiger partial charge in [0, 0.05) is 23.5 Å². The maximum Gasteiger partial charge on any atom is 0.153 e. The number of hydrogen-bond acceptors (Lipinski definition) is 4. The Kier molecular flexibility index (Phi) is 2.26. The molecule has 0 fully saturated rings. The van der Waals surface area contributed by atoms with Gasteiger partial charge in [0.15, 0.2) is 6.29 Å². The molecular formula is C13H11N3O2. The lowest BCUT2D eigenvalue weighted by molar-refractivity contribution is 0.112. The van der Waals surface area contributed by atoms with Gasteiger partial charge in [-0.2, -0.15) is 0 Å². The van der Waals surface area contributed by atoms with E-state index in [0.717, 1.165) is 34.4 Å². The molecule has 0 atom stereocenters. The van der Waals surface area contributed by atoms with Crippen molar-refractivity contribution < 1.29 is 9.32 Å². The van der Waals surface area contributed by atoms with E-state index in [4.69, 9.17) is 4.52 Å². The third-order valence-electron chi connectivity index (χ3n) is 2.99. The molecule has 0 saturated heterocycles. The van der Waals surface area contributed by atoms with Gasteiger partial charge in [-0.15, -0.1) is 0 Å². The van der Waals surface area contributed by atoms with Crippen LogP contribution in [0.5, 0.6) is 0 Å². The Morgan fingerprint density at radius 3 is 2.89 bits per heavy atom. The van der Waals surface area contributed by atoms with Gasteiger partial charge < -0.3 is 9.51 Å². The molecule has 5 nitrogen and oxygen atoms in total. The van der Waals surface area contributed by atoms with E-state index >= 15 is 0 Å². The average molecular weight is 241 g/mol. The van der Waals surface area contributed by atoms with E-state index in [9.17, 15) is 4.79 Å². The normalized spacial score (nSPS) is 11.0. The van der Waals surface area contributed by atoms with Crippen molar-refractivity contribution in [2.45, 2.75) is 13.8 Å². The van der Waals surface area contributed by atoms with Crippen molar-refractivity contribution in [2.75, 3.05) is 0 Å². The summed E-state index contributed by atoms with van der Waals surface area (Å²) in [6, 6.07) is 1.95. The highest BCUT2D eigenvalue weighted by Crippen LogP contribution is 2.28. The van der Waals surface area contributed by atoms with Crippen LogP contribution in [0.2, 0.25) is 0 Å². The lowest BCUT2D eigenvalue weighted by atomic mass is 10.1. The second kappa shape index (κ2) is 3.80. The number of pyridine rings is 1. The summed E-state index contributed by atoms with van der Waals surface area (Å²) >= 11 is 0. The van der Waals surface area contributed by atoms with Gasteiger partial charge in [-0.05, 0) is 19.9 Å². The molecule has 0 aliphatic rings. The van der Waals surface area contributed by atoms with Gasteiger partial charge in [0.25, 0.3) is 0 Å². The second-order valence-corrected chi connectivity index (χ2v) is 4.18. The zero-order valence-electron chi connectivity index (χ0n) is 10.0. The summed E-state index contributed by atoms with van der Waals surface area (Å²) in [5, 5.41) is 3.92. The van der Waals surface area contributed by atoms with Crippen molar-refractivity contribution in [1.82, 2.24) is 15.1 Å². The Balaban J connectivity index is 2.23. The molecule has 0 spiro atoms. The molecule has 90 valence electrons. The predicted molar refractivity (Wildman–Crippen MR) is 66.5 cm³/mol. The highest BCUT2D eigenvalue weighted by atomic mass is 16.5. The Bertz CT molecular complexity index is 720. The summed E-state index contributed by atoms with van der Waals surface area (Å²) in [5.41, 5.74) is 4.78. The fourth-order valence-corrected chi connectivity index (χ4v) is 2.15. The van der Waals surface area contributed by atoms with E-state index in [1.807, 2.05) is 19.9 Å². The standard InChI is InChI=1S/C13H11N3O2/c1-7-12(8(2)18-16-7)9-3-11-13(15-4-9)10(6-17)5-14-11/h3-6,14H,1-2H3. The molecule has 0 bridgehead atoms. The minimum Gasteiger partial charge on any atom is -0.361 e. The molecule has 1 N–H and O–H groups in total. The molecule has 0 aliphatic carbocycles. The van der Waals surface area contributed by atoms with Crippen LogP contribution in [0, 0.1) is 13.8 Å². The van der Waals surface area contributed by atoms with E-state index in [-0.39, 0.29) is 0 Å². The number of hydrogen-bond donors (Lipinski definition) is 1. The van der Waals surface area contributed by atoms with E-state index in [1.54, 1.807) is 12.4 Å². The molecule has 3 heterocycles. The number of aldehydes is 1. The summed E-state index contributed by atoms with van der Waals surface area (Å²) in [6.45, 7) is 3.76. The molecule has 3 aromatic rings. The average Bonchev–Trinajstić information content (AvgIpc) is 2.92. The minimum absolute atomic E-state index is 0.565. The highest BCUT2D eigenvalue weighted by Gasteiger charge is 2.13. The van der Waals surface area contributed by atoms with E-state index in [0.29, 0.717) is 11.1 Å². The molecular weight excluding hydrogens is 230 g/mol. The molecule has 0 aromatic carbocycles. The topological polar surface area (TPSA) is 71.8 Å². The zero-order valence-corrected chi connectivity index (χ0v) is 10.0. The molecule has 0 radical (unpaired) electrons. The Hall–Kier alpha value is -2.43. The van der Waals surface area contributed by atoms with Crippen LogP contribution in [-0.4, -0.2) is 21.4 Å². The van der Waals surface area contributed by atoms with Crippen LogP contribution in [0.4, 0.5) is 0 Å². The number of carbonyl (C=O) groups is 1. The second-order valence-electron chi connectivity index (χ2n) is 4.18. The first-order valence-electron chi connectivity index (χ1n) is 5.56. The van der Waals surface area contributed by atoms with Crippen LogP contribution in [0.15, 0.2) is 23.0 Å². The van der Waals surface area contributed by atoms with E-state index in [1.165, 1.54) is 0 Å². The molecule has 5 heteroatoms. The lowest BCUT2D eigenvalue weighted by Gasteiger charge is -2.00. The van der Waals surface area contributed by atoms with Gasteiger partial charge >= 0.3 is 0 Å². The summed E-state index contributed by atoms with van der Waals surface area (Å²) in [4.78, 5) is 18.2. The van der Waals surface area contributed by atoms with Crippen LogP contribution in [0.1, 0.15) is 21.8 Å². The number of aromatic nitrogens is 3. The first-order chi connectivity index (χ1) is 8.70. The summed E-state index contributed by atoms with van der Waals surface area (Å²) in [7, 11) is 0. The van der Waals surface area contributed by atoms with Crippen LogP contribution < -0.4 is 0 Å². The predicted octanol–water partition coefficient (Wildman–Crippen LogP) is 2.65. The minimum atomic E-state index is 0.565. The zero-order chi connectivity index (χ0) is 12.7. The number of nitrogens with one attached hydrogen (secondary N) is 1. The third-order valence-corrected chi connectivity index (χ3v) is 2.99. The summed E-state index contributed by atoms with van der Waals surface area (Å²) < 4.78 is 5.14. The fourth-order valence-electron chi connectivity index (χ4n) is 2.15. The van der Waals surface area contributed by atoms with Gasteiger partial charge in [-0.25, -0.2) is 0 Å². The largest absolute Gasteiger partial charge is 0.361 e. The number of H-pyrrole nitrogens is 1. The lowest BCUT2D eigenvalue weighted by Crippen LogP contribution is -1.86. The molecule has 0 amide bonds. The number of rotatable bonds is 2. The molecule has 3 aromatic heterocycles. The van der Waals surface area contributed by atoms with Crippen LogP contribution >= 0.6 is 0 Å². The maximum atomic E-state index is 10.8. The fraction of sp³-hybridized carbons (Fsp3) is 0.154. The first kappa shape index (κ1) is 10.7. The number of aromatic amines is 1. The smallest absolute Gasteiger partial charge is 0.153 e. The number of carbonyl (C=O) groups excluding carboxylic acids is 1. The van der Waals surface area contributed by atoms with Crippen molar-refractivity contribution in [2.24, 2.45) is 0 Å². The van der Waals surface area contributed by atoms with Crippen LogP contribution in [0.25, 0.3) is 22.2 Å². The number of aryl methyl sites for hydroxylation is 2. The molecule has 3 rings (SSSR count). The van der Waals surface area contributed by atoms with Gasteiger partial charge in [-0.1, -0.05) is 5.16 Å². The first-order valence-corrected chi connectivity index (χ1v) is 5.56. The molecule has 0 aliphatic heterocycles. The van der Waals surface area contributed by atoms with E-state index in [2.05, 4.69) is 15.1 Å². The SMILES string of the molecule is Cc1noc(C)c1-c1cnc2c(C=O)c[nH]c2c1. The van der Waals surface area contributed by atoms with Gasteiger partial charge in [-0.3, -0.25) is 9.78 Å². The maximum absolute atomic E-state index is 10.8. The quantitative estimate of drug-likeness (QED) is 0.700. The van der Waals surface area contributed by atoms with Gasteiger partial charge in [0.1, 0.15) is 5.76 Å². The number of fused-ring (bicyclic) bond motifs is 1. The highest BCUT2D eigenvalue weighted by molar-refractivity contribution is 5.95. The van der Waals surface area contributed by atoms with Crippen molar-refractivity contribution in [3.63, 3.8) is 0 Å². The van der Waals surface area contributed by atoms with Crippen LogP contribution in [0.3, 0.4) is 0 Å². The molecule has 0 saturated carbocycles. The Morgan fingerprint density at radius 1 is 1.39 bits per heavy atom. The van der Waals surface area contributed by atoms with Crippen LogP contribution in [-0.2, 0) is 0 Å². The van der Waals surface area contributed by atoms with Crippen molar-refractivity contribution >= 4 is 17.3 Å². The van der Waals surface area contributed by atoms with E-state index < -0.39 is 0 Å². The van der Waals surface area contributed by atoms with Crippen molar-refractivity contribution in [1.29, 1.82) is 0 Å². The summed E-state index contributed by atoms with van der Waals surface area (Å²) in [5.74, 6) is 0.760. The summed E-state index contributed by atoms with van der Waals surface area (Å²) in [6.07, 6.45) is 4.18.